The Morgan fingerprint density at radius 2 is 0.837 bits per heavy atom. The third kappa shape index (κ3) is 15.1. The maximum atomic E-state index is 10.4. The molecule has 2 unspecified atom stereocenters. The van der Waals surface area contributed by atoms with Crippen molar-refractivity contribution in [2.24, 2.45) is 21.7 Å². The molecule has 10 heterocycles. The van der Waals surface area contributed by atoms with Gasteiger partial charge in [0, 0.05) is 65.7 Å². The van der Waals surface area contributed by atoms with E-state index in [2.05, 4.69) is 93.3 Å². The zero-order chi connectivity index (χ0) is 62.5. The van der Waals surface area contributed by atoms with E-state index in [1.807, 2.05) is 36.7 Å². The van der Waals surface area contributed by atoms with E-state index in [0.717, 1.165) is 80.7 Å². The van der Waals surface area contributed by atoms with Crippen LogP contribution >= 0.6 is 142 Å². The number of hydrogen-bond donors (Lipinski definition) is 3. The van der Waals surface area contributed by atoms with Gasteiger partial charge < -0.3 is 76.9 Å². The third-order valence-electron chi connectivity index (χ3n) is 14.0. The molecule has 31 heteroatoms. The molecule has 86 heavy (non-hydrogen) atoms. The normalized spacial score (nSPS) is 17.8. The number of aromatic nitrogens is 4. The molecule has 0 saturated carbocycles. The Morgan fingerprint density at radius 3 is 1.30 bits per heavy atom. The van der Waals surface area contributed by atoms with E-state index in [1.165, 1.54) is 34.8 Å². The SMILES string of the molecule is Brc1ccc(Br)c2nsnc12.COCC1(CO)COc2c(Br)sc(Br)c2OC1.COCC1(CO)COc2cscc2OC1.COCC1(COC)COc2c(C)sc(-c3sc(-c4ccc(C)c5nsnc45)c4c3OCC(CO)(COC)CO4)c2OC1.[2H]P. The number of halogens is 4. The number of thiophene rings is 4. The van der Waals surface area contributed by atoms with E-state index in [9.17, 15) is 15.3 Å². The first-order valence-corrected chi connectivity index (χ1v) is 34.0. The monoisotopic (exact) mass is 1580 g/mol. The van der Waals surface area contributed by atoms with Crippen molar-refractivity contribution in [2.75, 3.05) is 141 Å². The van der Waals surface area contributed by atoms with Gasteiger partial charge in [-0.2, -0.15) is 27.3 Å². The number of hydrogen-bond acceptors (Lipinski definition) is 26. The van der Waals surface area contributed by atoms with Crippen LogP contribution in [0, 0.1) is 35.5 Å². The molecular formula is C55H65Br4N4O16PS6. The molecule has 0 amide bonds. The van der Waals surface area contributed by atoms with Gasteiger partial charge in [0.15, 0.2) is 46.0 Å². The molecule has 2 atom stereocenters. The fourth-order valence-electron chi connectivity index (χ4n) is 9.38. The fourth-order valence-corrected chi connectivity index (χ4v) is 17.6. The molecular weight excluding hydrogens is 1520 g/mol. The highest BCUT2D eigenvalue weighted by Crippen LogP contribution is 2.61. The third-order valence-corrected chi connectivity index (χ3v) is 21.9. The van der Waals surface area contributed by atoms with Crippen LogP contribution in [0.25, 0.3) is 42.3 Å². The second kappa shape index (κ2) is 31.1. The van der Waals surface area contributed by atoms with Crippen molar-refractivity contribution >= 4 is 164 Å². The molecule has 12 rings (SSSR count). The van der Waals surface area contributed by atoms with Gasteiger partial charge in [-0.05, 0) is 95.3 Å². The van der Waals surface area contributed by atoms with Crippen molar-refractivity contribution in [1.29, 1.82) is 1.28 Å². The van der Waals surface area contributed by atoms with Gasteiger partial charge in [-0.1, -0.05) is 12.1 Å². The summed E-state index contributed by atoms with van der Waals surface area (Å²) in [5.41, 5.74) is 3.37. The van der Waals surface area contributed by atoms with Gasteiger partial charge in [-0.15, -0.1) is 45.3 Å². The van der Waals surface area contributed by atoms with E-state index in [4.69, 9.17) is 62.9 Å². The molecule has 2 aromatic carbocycles. The summed E-state index contributed by atoms with van der Waals surface area (Å²) in [5, 5.41) is 33.0. The minimum atomic E-state index is -0.716. The molecule has 3 N–H and O–H groups in total. The number of ether oxygens (including phenoxy) is 13. The Balaban J connectivity index is 0.000000177. The number of nitrogens with zero attached hydrogens (tertiary/aromatic N) is 4. The maximum Gasteiger partial charge on any atom is 0.187 e. The summed E-state index contributed by atoms with van der Waals surface area (Å²) in [7, 11) is 9.83. The quantitative estimate of drug-likeness (QED) is 0.0810. The zero-order valence-corrected chi connectivity index (χ0v) is 60.2. The Bertz CT molecular complexity index is 3440. The smallest absolute Gasteiger partial charge is 0.187 e. The van der Waals surface area contributed by atoms with Crippen LogP contribution in [0.15, 0.2) is 51.5 Å². The Morgan fingerprint density at radius 1 is 0.465 bits per heavy atom. The van der Waals surface area contributed by atoms with Crippen molar-refractivity contribution in [3.63, 3.8) is 0 Å². The second-order valence-corrected chi connectivity index (χ2v) is 30.2. The van der Waals surface area contributed by atoms with E-state index >= 15 is 0 Å². The standard InChI is InChI=1S/C29H34N2O8S3.C10H12Br2O4S.C10H14O4S.C6H2Br2N2S.H3P/c1-16-6-7-18(20-19(16)30-42-31-20)25-23-24(38-13-28(8-32,9-33-3)12-37-23)27(41-25)26-22-21(17(2)40-26)36-14-29(10-34-4,11-35-5)15-39-22;1-14-3-10(2-13)4-15-6-7(16-5-10)9(12)17-8(6)11;1-12-5-10(4-11)6-13-8-2-15-3-9(8)14-7-10;7-3-1-2-4(8)6-5(3)9-11-10-6;/h6-7,32H,8-15H2,1-5H3;13H,2-5H2,1H3;2-3,11H,4-7H2,1H3;1-2H;1H3/i;;;;1D. The summed E-state index contributed by atoms with van der Waals surface area (Å²) >= 11 is 22.3. The number of aliphatic hydroxyl groups excluding tert-OH is 3. The summed E-state index contributed by atoms with van der Waals surface area (Å²) < 4.78 is 102. The molecule has 0 fully saturated rings. The lowest BCUT2D eigenvalue weighted by Crippen LogP contribution is -2.42. The van der Waals surface area contributed by atoms with Crippen LogP contribution in [-0.4, -0.2) is 175 Å². The summed E-state index contributed by atoms with van der Waals surface area (Å²) in [6.45, 7) is 8.66. The molecule has 0 bridgehead atoms. The molecule has 8 aromatic rings. The van der Waals surface area contributed by atoms with Crippen molar-refractivity contribution in [3.05, 3.63) is 62.0 Å². The number of aryl methyl sites for hydroxylation is 2. The van der Waals surface area contributed by atoms with Gasteiger partial charge in [0.25, 0.3) is 0 Å². The van der Waals surface area contributed by atoms with Gasteiger partial charge in [0.05, 0.1) is 114 Å². The lowest BCUT2D eigenvalue weighted by atomic mass is 9.92. The average molecular weight is 1580 g/mol. The van der Waals surface area contributed by atoms with Gasteiger partial charge in [-0.3, -0.25) is 0 Å². The lowest BCUT2D eigenvalue weighted by Gasteiger charge is -2.29. The summed E-state index contributed by atoms with van der Waals surface area (Å²) in [5.74, 6) is 5.49. The molecule has 0 saturated heterocycles. The van der Waals surface area contributed by atoms with Crippen molar-refractivity contribution in [2.45, 2.75) is 13.8 Å². The molecule has 6 aromatic heterocycles. The van der Waals surface area contributed by atoms with Crippen LogP contribution < -0.4 is 37.9 Å². The lowest BCUT2D eigenvalue weighted by molar-refractivity contribution is -0.0360. The van der Waals surface area contributed by atoms with E-state index < -0.39 is 21.7 Å². The number of aliphatic hydroxyl groups is 3. The highest BCUT2D eigenvalue weighted by Gasteiger charge is 2.43. The Kier molecular flexibility index (Phi) is 24.5. The van der Waals surface area contributed by atoms with Crippen LogP contribution in [-0.2, 0) is 23.7 Å². The van der Waals surface area contributed by atoms with Crippen LogP contribution in [0.3, 0.4) is 0 Å². The largest absolute Gasteiger partial charge is 0.488 e. The van der Waals surface area contributed by atoms with Crippen LogP contribution in [0.1, 0.15) is 10.4 Å². The van der Waals surface area contributed by atoms with Crippen molar-refractivity contribution in [3.8, 4) is 66.2 Å². The molecule has 470 valence electrons. The predicted molar refractivity (Wildman–Crippen MR) is 356 cm³/mol. The number of methoxy groups -OCH3 is 5. The number of rotatable bonds is 15. The average Bonchev–Trinajstić information content (AvgIpc) is 1.67. The van der Waals surface area contributed by atoms with Gasteiger partial charge in [-0.25, -0.2) is 0 Å². The van der Waals surface area contributed by atoms with Crippen molar-refractivity contribution < 1.29 is 76.9 Å². The summed E-state index contributed by atoms with van der Waals surface area (Å²) in [6, 6.07) is 8.01. The molecule has 4 aliphatic heterocycles. The molecule has 0 aliphatic carbocycles. The zero-order valence-electron chi connectivity index (χ0n) is 48.8. The highest BCUT2D eigenvalue weighted by atomic mass is 79.9. The fraction of sp³-hybridized carbons (Fsp3) is 0.491. The van der Waals surface area contributed by atoms with Crippen LogP contribution in [0.2, 0.25) is 0 Å². The predicted octanol–water partition coefficient (Wildman–Crippen LogP) is 12.3. The van der Waals surface area contributed by atoms with E-state index in [-0.39, 0.29) is 39.6 Å². The molecule has 0 radical (unpaired) electrons. The first kappa shape index (κ1) is 67.7. The second-order valence-electron chi connectivity index (χ2n) is 20.8. The molecule has 4 aliphatic rings. The number of fused-ring (bicyclic) bond motifs is 6. The summed E-state index contributed by atoms with van der Waals surface area (Å²) in [4.78, 5) is 3.64. The van der Waals surface area contributed by atoms with Gasteiger partial charge >= 0.3 is 0 Å². The van der Waals surface area contributed by atoms with Crippen LogP contribution in [0.4, 0.5) is 0 Å². The first-order chi connectivity index (χ1) is 42.1. The summed E-state index contributed by atoms with van der Waals surface area (Å²) in [6.07, 6.45) is 0. The van der Waals surface area contributed by atoms with E-state index in [0.29, 0.717) is 101 Å². The van der Waals surface area contributed by atoms with E-state index in [1.54, 1.807) is 79.4 Å². The molecule has 0 spiro atoms. The Hall–Kier alpha value is -2.69. The topological polar surface area (TPSA) is 232 Å². The van der Waals surface area contributed by atoms with Gasteiger partial charge in [0.1, 0.15) is 82.5 Å². The highest BCUT2D eigenvalue weighted by molar-refractivity contribution is 9.12. The minimum Gasteiger partial charge on any atom is -0.488 e. The maximum absolute atomic E-state index is 10.4. The number of benzene rings is 2. The van der Waals surface area contributed by atoms with Crippen LogP contribution in [0.5, 0.6) is 46.0 Å². The van der Waals surface area contributed by atoms with Crippen molar-refractivity contribution in [1.82, 2.24) is 17.5 Å². The minimum absolute atomic E-state index is 0.00541. The van der Waals surface area contributed by atoms with Gasteiger partial charge in [0.2, 0.25) is 0 Å². The molecule has 20 nitrogen and oxygen atoms in total. The first-order valence-electron chi connectivity index (χ1n) is 26.6. The Labute approximate surface area is 560 Å².